The number of hydrogen-bond acceptors (Lipinski definition) is 9. The van der Waals surface area contributed by atoms with Gasteiger partial charge in [-0.05, 0) is 37.1 Å². The number of halogens is 1. The van der Waals surface area contributed by atoms with E-state index >= 15 is 0 Å². The Morgan fingerprint density at radius 1 is 1.12 bits per heavy atom. The minimum atomic E-state index is -1.01. The van der Waals surface area contributed by atoms with Gasteiger partial charge in [0.25, 0.3) is 0 Å². The molecule has 270 valence electrons. The van der Waals surface area contributed by atoms with Crippen LogP contribution in [0.3, 0.4) is 0 Å². The Kier molecular flexibility index (Phi) is 18.2. The second-order valence-electron chi connectivity index (χ2n) is 11.1. The molecule has 2 fully saturated rings. The molecular weight excluding hydrogens is 758 g/mol. The number of carbonyl (C=O) groups is 1. The number of imidazole rings is 1. The molecule has 0 radical (unpaired) electrons. The number of hydrogen-bond donors (Lipinski definition) is 3. The maximum absolute atomic E-state index is 11.8. The fourth-order valence-electron chi connectivity index (χ4n) is 5.70. The molecule has 6 rings (SSSR count). The third kappa shape index (κ3) is 10.6. The Morgan fingerprint density at radius 2 is 1.84 bits per heavy atom. The first-order valence-corrected chi connectivity index (χ1v) is 17.4. The summed E-state index contributed by atoms with van der Waals surface area (Å²) in [5, 5.41) is 30.6. The number of carboxylic acids is 1. The van der Waals surface area contributed by atoms with Gasteiger partial charge in [-0.25, -0.2) is 16.2 Å². The number of aromatic nitrogens is 3. The number of ether oxygens (including phenoxy) is 2. The Balaban J connectivity index is 0.000000530. The van der Waals surface area contributed by atoms with E-state index < -0.39 is 5.97 Å². The van der Waals surface area contributed by atoms with Crippen LogP contribution in [0.5, 0.6) is 17.2 Å². The van der Waals surface area contributed by atoms with Crippen LogP contribution in [0.15, 0.2) is 48.7 Å². The maximum Gasteiger partial charge on any atom is 0.335 e. The largest absolute Gasteiger partial charge is 0.504 e. The molecule has 4 heterocycles. The Hall–Kier alpha value is -3.27. The van der Waals surface area contributed by atoms with Gasteiger partial charge in [-0.1, -0.05) is 58.0 Å². The van der Waals surface area contributed by atoms with E-state index in [1.54, 1.807) is 18.3 Å². The zero-order chi connectivity index (χ0) is 36.1. The van der Waals surface area contributed by atoms with Gasteiger partial charge in [-0.2, -0.15) is 6.07 Å². The molecule has 4 aromatic rings. The summed E-state index contributed by atoms with van der Waals surface area (Å²) in [6, 6.07) is 12.1. The molecule has 50 heavy (non-hydrogen) atoms. The first-order valence-electron chi connectivity index (χ1n) is 17.0. The summed E-state index contributed by atoms with van der Waals surface area (Å²) in [4.78, 5) is 25.2. The van der Waals surface area contributed by atoms with Crippen LogP contribution in [0.1, 0.15) is 76.3 Å². The smallest absolute Gasteiger partial charge is 0.335 e. The standard InChI is InChI=1S/C26H32N4O6.C7H7ClN.2C2H6.Cd/c1-3-17-13-29(19-5-4-6-21(31)25(19)32)9-8-28(17)15-23-27-24-20(30(23)14-18-7-10-36-18)11-16(26(33)34)12-22(24)35-2;1-2-7-4-3-6(8)5-9-7;2*1-2;/h4-6,11-12,17-18,31-32H,3,7-10,13-15H2,1-2H3,(H,33,34);2-5H,1H3;2*1-2H3;/q;-1;;;. The zero-order valence-corrected chi connectivity index (χ0v) is 35.2. The van der Waals surface area contributed by atoms with Gasteiger partial charge in [0.2, 0.25) is 0 Å². The molecule has 2 unspecified atom stereocenters. The Morgan fingerprint density at radius 3 is 2.40 bits per heavy atom. The first kappa shape index (κ1) is 42.9. The van der Waals surface area contributed by atoms with E-state index in [4.69, 9.17) is 26.1 Å². The summed E-state index contributed by atoms with van der Waals surface area (Å²) in [5.41, 5.74) is 3.13. The second kappa shape index (κ2) is 21.2. The fraction of sp³-hybridized carbons (Fsp3) is 0.459. The molecule has 2 atom stereocenters. The molecule has 0 bridgehead atoms. The maximum atomic E-state index is 11.8. The molecule has 0 spiro atoms. The molecule has 2 aromatic carbocycles. The number of pyridine rings is 1. The van der Waals surface area contributed by atoms with Crippen LogP contribution in [0.2, 0.25) is 5.02 Å². The molecule has 13 heteroatoms. The van der Waals surface area contributed by atoms with Gasteiger partial charge in [-0.3, -0.25) is 9.88 Å². The predicted octanol–water partition coefficient (Wildman–Crippen LogP) is 7.40. The number of fused-ring (bicyclic) bond motifs is 1. The summed E-state index contributed by atoms with van der Waals surface area (Å²) < 4.78 is 13.3. The van der Waals surface area contributed by atoms with Crippen LogP contribution >= 0.6 is 11.6 Å². The van der Waals surface area contributed by atoms with Gasteiger partial charge in [0.1, 0.15) is 17.1 Å². The number of phenolic OH excluding ortho intramolecular Hbond substituents is 2. The molecule has 0 aliphatic carbocycles. The van der Waals surface area contributed by atoms with Crippen LogP contribution < -0.4 is 9.64 Å². The molecule has 3 N–H and O–H groups in total. The van der Waals surface area contributed by atoms with E-state index in [2.05, 4.69) is 26.3 Å². The van der Waals surface area contributed by atoms with E-state index in [1.807, 2.05) is 59.2 Å². The number of aromatic hydroxyl groups is 2. The minimum Gasteiger partial charge on any atom is -0.504 e. The van der Waals surface area contributed by atoms with Crippen molar-refractivity contribution in [3.8, 4) is 17.2 Å². The number of methoxy groups -OCH3 is 1. The van der Waals surface area contributed by atoms with Crippen molar-refractivity contribution in [1.29, 1.82) is 0 Å². The van der Waals surface area contributed by atoms with Crippen molar-refractivity contribution in [3.05, 3.63) is 77.2 Å². The molecule has 2 saturated heterocycles. The van der Waals surface area contributed by atoms with Crippen LogP contribution in [-0.4, -0.2) is 86.2 Å². The molecule has 0 saturated carbocycles. The van der Waals surface area contributed by atoms with Crippen molar-refractivity contribution in [2.24, 2.45) is 0 Å². The van der Waals surface area contributed by atoms with Crippen LogP contribution in [0.25, 0.3) is 11.0 Å². The Bertz CT molecular complexity index is 1630. The number of piperazine rings is 1. The second-order valence-corrected chi connectivity index (χ2v) is 11.5. The van der Waals surface area contributed by atoms with Gasteiger partial charge in [0, 0.05) is 70.8 Å². The summed E-state index contributed by atoms with van der Waals surface area (Å²) in [7, 11) is 1.53. The van der Waals surface area contributed by atoms with Crippen LogP contribution in [-0.2, 0) is 45.1 Å². The molecule has 2 aliphatic heterocycles. The van der Waals surface area contributed by atoms with E-state index in [0.717, 1.165) is 43.0 Å². The van der Waals surface area contributed by atoms with Gasteiger partial charge >= 0.3 is 5.97 Å². The van der Waals surface area contributed by atoms with E-state index in [1.165, 1.54) is 19.2 Å². The van der Waals surface area contributed by atoms with Crippen molar-refractivity contribution in [2.45, 2.75) is 79.6 Å². The summed E-state index contributed by atoms with van der Waals surface area (Å²) in [6.45, 7) is 16.1. The SMILES string of the molecule is CC.CC.CCC1CN(c2cccc(O)c2O)CCN1Cc1nc2c(OC)cc(C(=O)O)cc2n1CC1CCO1.C[CH-]c1ccc(Cl)cn1.[Cd]. The number of benzene rings is 2. The third-order valence-electron chi connectivity index (χ3n) is 8.35. The Labute approximate surface area is 321 Å². The number of phenols is 2. The molecule has 2 aliphatic rings. The van der Waals surface area contributed by atoms with Crippen molar-refractivity contribution in [3.63, 3.8) is 0 Å². The van der Waals surface area contributed by atoms with Crippen molar-refractivity contribution >= 4 is 34.3 Å². The average Bonchev–Trinajstić information content (AvgIpc) is 3.46. The van der Waals surface area contributed by atoms with Gasteiger partial charge in [0.05, 0.1) is 43.1 Å². The van der Waals surface area contributed by atoms with Crippen LogP contribution in [0, 0.1) is 6.42 Å². The van der Waals surface area contributed by atoms with Crippen molar-refractivity contribution < 1.29 is 56.9 Å². The molecular formula is C37H51CdClN5O6-. The zero-order valence-electron chi connectivity index (χ0n) is 30.4. The number of rotatable bonds is 9. The predicted molar refractivity (Wildman–Crippen MR) is 195 cm³/mol. The average molecular weight is 810 g/mol. The molecule has 2 aromatic heterocycles. The normalized spacial score (nSPS) is 16.6. The van der Waals surface area contributed by atoms with E-state index in [-0.39, 0.29) is 56.5 Å². The summed E-state index contributed by atoms with van der Waals surface area (Å²) >= 11 is 5.59. The minimum absolute atomic E-state index is 0. The monoisotopic (exact) mass is 810 g/mol. The van der Waals surface area contributed by atoms with E-state index in [9.17, 15) is 20.1 Å². The number of nitrogens with zero attached hydrogens (tertiary/aromatic N) is 5. The quantitative estimate of drug-likeness (QED) is 0.0893. The molecule has 11 nitrogen and oxygen atoms in total. The van der Waals surface area contributed by atoms with Gasteiger partial charge in [0.15, 0.2) is 11.5 Å². The number of carboxylic acid groups (broad SMARTS) is 1. The first-order chi connectivity index (χ1) is 23.7. The summed E-state index contributed by atoms with van der Waals surface area (Å²) in [6.07, 6.45) is 5.49. The van der Waals surface area contributed by atoms with Crippen LogP contribution in [0.4, 0.5) is 5.69 Å². The van der Waals surface area contributed by atoms with Gasteiger partial charge < -0.3 is 34.3 Å². The number of para-hydroxylation sites is 1. The van der Waals surface area contributed by atoms with Gasteiger partial charge in [-0.15, -0.1) is 13.0 Å². The summed E-state index contributed by atoms with van der Waals surface area (Å²) in [5.74, 6) is 0.0554. The third-order valence-corrected chi connectivity index (χ3v) is 8.57. The fourth-order valence-corrected chi connectivity index (χ4v) is 5.81. The topological polar surface area (TPSA) is 133 Å². The molecule has 0 amide bonds. The number of anilines is 1. The van der Waals surface area contributed by atoms with Crippen molar-refractivity contribution in [1.82, 2.24) is 19.4 Å². The van der Waals surface area contributed by atoms with E-state index in [0.29, 0.717) is 48.2 Å². The van der Waals surface area contributed by atoms with Crippen molar-refractivity contribution in [2.75, 3.05) is 38.3 Å². The number of aromatic carboxylic acids is 1.